The Labute approximate surface area is 119 Å². The SMILES string of the molecule is CCOC(=O)C1NC(=O)CC1c1c(C)cc(C)cc1C. The van der Waals surface area contributed by atoms with Crippen molar-refractivity contribution < 1.29 is 14.3 Å². The lowest BCUT2D eigenvalue weighted by Gasteiger charge is -2.21. The van der Waals surface area contributed by atoms with E-state index in [-0.39, 0.29) is 17.8 Å². The van der Waals surface area contributed by atoms with Gasteiger partial charge in [0.1, 0.15) is 6.04 Å². The summed E-state index contributed by atoms with van der Waals surface area (Å²) < 4.78 is 5.08. The standard InChI is InChI=1S/C16H21NO3/c1-5-20-16(19)15-12(8-13(18)17-15)14-10(3)6-9(2)7-11(14)4/h6-7,12,15H,5,8H2,1-4H3,(H,17,18). The maximum atomic E-state index is 12.0. The first-order valence-electron chi connectivity index (χ1n) is 6.97. The van der Waals surface area contributed by atoms with E-state index in [0.717, 1.165) is 16.7 Å². The smallest absolute Gasteiger partial charge is 0.329 e. The first-order chi connectivity index (χ1) is 9.43. The van der Waals surface area contributed by atoms with Gasteiger partial charge < -0.3 is 10.1 Å². The van der Waals surface area contributed by atoms with E-state index in [1.54, 1.807) is 6.92 Å². The molecule has 1 aromatic carbocycles. The monoisotopic (exact) mass is 275 g/mol. The third kappa shape index (κ3) is 2.69. The van der Waals surface area contributed by atoms with Crippen molar-refractivity contribution in [2.75, 3.05) is 6.61 Å². The topological polar surface area (TPSA) is 55.4 Å². The van der Waals surface area contributed by atoms with Crippen molar-refractivity contribution in [2.45, 2.75) is 46.1 Å². The Kier molecular flexibility index (Phi) is 4.12. The molecular weight excluding hydrogens is 254 g/mol. The van der Waals surface area contributed by atoms with Crippen LogP contribution in [0.5, 0.6) is 0 Å². The number of hydrogen-bond acceptors (Lipinski definition) is 3. The zero-order valence-corrected chi connectivity index (χ0v) is 12.4. The van der Waals surface area contributed by atoms with Crippen LogP contribution in [-0.2, 0) is 14.3 Å². The highest BCUT2D eigenvalue weighted by Crippen LogP contribution is 2.34. The van der Waals surface area contributed by atoms with Crippen LogP contribution < -0.4 is 5.32 Å². The van der Waals surface area contributed by atoms with Crippen molar-refractivity contribution in [1.82, 2.24) is 5.32 Å². The minimum atomic E-state index is -0.567. The average Bonchev–Trinajstić information content (AvgIpc) is 2.70. The first kappa shape index (κ1) is 14.6. The number of rotatable bonds is 3. The van der Waals surface area contributed by atoms with Gasteiger partial charge >= 0.3 is 5.97 Å². The van der Waals surface area contributed by atoms with Gasteiger partial charge in [0.15, 0.2) is 0 Å². The third-order valence-electron chi connectivity index (χ3n) is 3.77. The second-order valence-corrected chi connectivity index (χ2v) is 5.42. The zero-order valence-electron chi connectivity index (χ0n) is 12.4. The molecule has 4 nitrogen and oxygen atoms in total. The Morgan fingerprint density at radius 2 is 1.90 bits per heavy atom. The highest BCUT2D eigenvalue weighted by atomic mass is 16.5. The van der Waals surface area contributed by atoms with Crippen LogP contribution in [0.3, 0.4) is 0 Å². The molecule has 2 unspecified atom stereocenters. The molecule has 1 aromatic rings. The number of benzene rings is 1. The molecule has 1 heterocycles. The van der Waals surface area contributed by atoms with E-state index in [2.05, 4.69) is 17.4 Å². The summed E-state index contributed by atoms with van der Waals surface area (Å²) in [6, 6.07) is 3.61. The number of ether oxygens (including phenoxy) is 1. The van der Waals surface area contributed by atoms with E-state index in [4.69, 9.17) is 4.74 Å². The summed E-state index contributed by atoms with van der Waals surface area (Å²) in [6.07, 6.45) is 0.341. The van der Waals surface area contributed by atoms with Crippen molar-refractivity contribution in [2.24, 2.45) is 0 Å². The molecule has 108 valence electrons. The van der Waals surface area contributed by atoms with Crippen molar-refractivity contribution in [3.63, 3.8) is 0 Å². The van der Waals surface area contributed by atoms with E-state index in [0.29, 0.717) is 13.0 Å². The van der Waals surface area contributed by atoms with Gasteiger partial charge in [-0.2, -0.15) is 0 Å². The highest BCUT2D eigenvalue weighted by Gasteiger charge is 2.40. The molecule has 1 fully saturated rings. The van der Waals surface area contributed by atoms with Gasteiger partial charge in [-0.1, -0.05) is 17.7 Å². The van der Waals surface area contributed by atoms with Gasteiger partial charge in [-0.05, 0) is 44.4 Å². The summed E-state index contributed by atoms with van der Waals surface area (Å²) >= 11 is 0. The normalized spacial score (nSPS) is 21.7. The Morgan fingerprint density at radius 1 is 1.30 bits per heavy atom. The maximum absolute atomic E-state index is 12.0. The second kappa shape index (κ2) is 5.65. The molecule has 1 N–H and O–H groups in total. The van der Waals surface area contributed by atoms with Gasteiger partial charge in [0, 0.05) is 12.3 Å². The van der Waals surface area contributed by atoms with E-state index < -0.39 is 6.04 Å². The zero-order chi connectivity index (χ0) is 14.9. The van der Waals surface area contributed by atoms with Crippen LogP contribution in [0.15, 0.2) is 12.1 Å². The molecule has 1 amide bonds. The van der Waals surface area contributed by atoms with Crippen LogP contribution in [-0.4, -0.2) is 24.5 Å². The molecule has 0 radical (unpaired) electrons. The van der Waals surface area contributed by atoms with Crippen LogP contribution in [0.2, 0.25) is 0 Å². The number of esters is 1. The average molecular weight is 275 g/mol. The summed E-state index contributed by atoms with van der Waals surface area (Å²) in [4.78, 5) is 23.7. The molecule has 0 aromatic heterocycles. The number of hydrogen-bond donors (Lipinski definition) is 1. The Bertz CT molecular complexity index is 528. The van der Waals surface area contributed by atoms with Crippen molar-refractivity contribution in [3.8, 4) is 0 Å². The van der Waals surface area contributed by atoms with Gasteiger partial charge in [-0.3, -0.25) is 4.79 Å². The van der Waals surface area contributed by atoms with Gasteiger partial charge in [0.2, 0.25) is 5.91 Å². The number of carbonyl (C=O) groups is 2. The maximum Gasteiger partial charge on any atom is 0.329 e. The van der Waals surface area contributed by atoms with Gasteiger partial charge in [-0.25, -0.2) is 4.79 Å². The minimum absolute atomic E-state index is 0.0903. The van der Waals surface area contributed by atoms with E-state index in [9.17, 15) is 9.59 Å². The van der Waals surface area contributed by atoms with Gasteiger partial charge in [0.25, 0.3) is 0 Å². The van der Waals surface area contributed by atoms with Crippen molar-refractivity contribution >= 4 is 11.9 Å². The quantitative estimate of drug-likeness (QED) is 0.860. The Morgan fingerprint density at radius 3 is 2.45 bits per heavy atom. The molecule has 1 aliphatic rings. The number of carbonyl (C=O) groups excluding carboxylic acids is 2. The summed E-state index contributed by atoms with van der Waals surface area (Å²) in [5.74, 6) is -0.572. The van der Waals surface area contributed by atoms with Crippen LogP contribution in [0.25, 0.3) is 0 Å². The highest BCUT2D eigenvalue weighted by molar-refractivity contribution is 5.90. The molecule has 4 heteroatoms. The van der Waals surface area contributed by atoms with E-state index in [1.165, 1.54) is 5.56 Å². The predicted molar refractivity (Wildman–Crippen MR) is 76.6 cm³/mol. The lowest BCUT2D eigenvalue weighted by molar-refractivity contribution is -0.146. The van der Waals surface area contributed by atoms with E-state index in [1.807, 2.05) is 20.8 Å². The lowest BCUT2D eigenvalue weighted by Crippen LogP contribution is -2.38. The van der Waals surface area contributed by atoms with Crippen LogP contribution >= 0.6 is 0 Å². The molecular formula is C16H21NO3. The third-order valence-corrected chi connectivity index (χ3v) is 3.77. The van der Waals surface area contributed by atoms with Crippen molar-refractivity contribution in [1.29, 1.82) is 0 Å². The Balaban J connectivity index is 2.39. The summed E-state index contributed by atoms with van der Waals surface area (Å²) in [5, 5.41) is 2.74. The molecule has 1 saturated heterocycles. The molecule has 2 rings (SSSR count). The predicted octanol–water partition coefficient (Wildman–Crippen LogP) is 2.15. The van der Waals surface area contributed by atoms with Crippen molar-refractivity contribution in [3.05, 3.63) is 34.4 Å². The fourth-order valence-corrected chi connectivity index (χ4v) is 3.15. The lowest BCUT2D eigenvalue weighted by atomic mass is 9.85. The fourth-order valence-electron chi connectivity index (χ4n) is 3.15. The number of nitrogens with one attached hydrogen (secondary N) is 1. The van der Waals surface area contributed by atoms with Crippen LogP contribution in [0.4, 0.5) is 0 Å². The van der Waals surface area contributed by atoms with Crippen LogP contribution in [0, 0.1) is 20.8 Å². The van der Waals surface area contributed by atoms with E-state index >= 15 is 0 Å². The summed E-state index contributed by atoms with van der Waals surface area (Å²) in [5.41, 5.74) is 4.53. The number of aryl methyl sites for hydroxylation is 3. The van der Waals surface area contributed by atoms with Crippen LogP contribution in [0.1, 0.15) is 41.5 Å². The number of amides is 1. The summed E-state index contributed by atoms with van der Waals surface area (Å²) in [7, 11) is 0. The summed E-state index contributed by atoms with van der Waals surface area (Å²) in [6.45, 7) is 8.20. The second-order valence-electron chi connectivity index (χ2n) is 5.42. The molecule has 0 saturated carbocycles. The first-order valence-corrected chi connectivity index (χ1v) is 6.97. The largest absolute Gasteiger partial charge is 0.464 e. The molecule has 2 atom stereocenters. The molecule has 1 aliphatic heterocycles. The minimum Gasteiger partial charge on any atom is -0.464 e. The van der Waals surface area contributed by atoms with Gasteiger partial charge in [0.05, 0.1) is 6.61 Å². The molecule has 0 spiro atoms. The molecule has 0 bridgehead atoms. The Hall–Kier alpha value is -1.84. The fraction of sp³-hybridized carbons (Fsp3) is 0.500. The molecule has 20 heavy (non-hydrogen) atoms. The van der Waals surface area contributed by atoms with Gasteiger partial charge in [-0.15, -0.1) is 0 Å². The molecule has 0 aliphatic carbocycles.